The minimum Gasteiger partial charge on any atom is -0.337 e. The Morgan fingerprint density at radius 2 is 1.89 bits per heavy atom. The number of halogens is 1. The molecule has 0 amide bonds. The van der Waals surface area contributed by atoms with Crippen molar-refractivity contribution in [1.29, 1.82) is 0 Å². The Labute approximate surface area is 113 Å². The van der Waals surface area contributed by atoms with E-state index < -0.39 is 0 Å². The fourth-order valence-electron chi connectivity index (χ4n) is 1.93. The van der Waals surface area contributed by atoms with Crippen molar-refractivity contribution in [2.75, 3.05) is 0 Å². The smallest absolute Gasteiger partial charge is 0.178 e. The van der Waals surface area contributed by atoms with Gasteiger partial charge >= 0.3 is 0 Å². The second kappa shape index (κ2) is 4.21. The lowest BCUT2D eigenvalue weighted by atomic mass is 10.1. The van der Waals surface area contributed by atoms with Crippen molar-refractivity contribution < 1.29 is 0 Å². The average molecular weight is 302 g/mol. The van der Waals surface area contributed by atoms with Gasteiger partial charge in [-0.1, -0.05) is 22.0 Å². The van der Waals surface area contributed by atoms with Gasteiger partial charge in [0.1, 0.15) is 5.82 Å². The maximum Gasteiger partial charge on any atom is 0.178 e. The maximum atomic E-state index is 4.54. The van der Waals surface area contributed by atoms with Crippen molar-refractivity contribution >= 4 is 27.1 Å². The maximum absolute atomic E-state index is 4.54. The molecular formula is C14H12BrN3. The van der Waals surface area contributed by atoms with Crippen LogP contribution in [0.4, 0.5) is 0 Å². The van der Waals surface area contributed by atoms with Crippen LogP contribution in [0.3, 0.4) is 0 Å². The quantitative estimate of drug-likeness (QED) is 0.738. The Balaban J connectivity index is 2.19. The van der Waals surface area contributed by atoms with Gasteiger partial charge in [0.25, 0.3) is 0 Å². The predicted molar refractivity (Wildman–Crippen MR) is 76.5 cm³/mol. The number of H-pyrrole nitrogens is 1. The SMILES string of the molecule is Cc1ccc(-c2nc3nc(C)ccc3[nH]2)c(Br)c1. The molecule has 0 saturated heterocycles. The lowest BCUT2D eigenvalue weighted by Crippen LogP contribution is -1.83. The highest BCUT2D eigenvalue weighted by Gasteiger charge is 2.09. The zero-order chi connectivity index (χ0) is 12.7. The van der Waals surface area contributed by atoms with E-state index in [1.165, 1.54) is 5.56 Å². The Kier molecular flexibility index (Phi) is 2.67. The molecule has 0 radical (unpaired) electrons. The number of benzene rings is 1. The first kappa shape index (κ1) is 11.4. The number of aryl methyl sites for hydroxylation is 2. The van der Waals surface area contributed by atoms with E-state index in [9.17, 15) is 0 Å². The summed E-state index contributed by atoms with van der Waals surface area (Å²) < 4.78 is 1.04. The minimum atomic E-state index is 0.762. The molecule has 3 nitrogen and oxygen atoms in total. The number of hydrogen-bond acceptors (Lipinski definition) is 2. The van der Waals surface area contributed by atoms with Gasteiger partial charge in [-0.2, -0.15) is 0 Å². The summed E-state index contributed by atoms with van der Waals surface area (Å²) in [6.45, 7) is 4.04. The molecule has 0 saturated carbocycles. The third-order valence-corrected chi connectivity index (χ3v) is 3.52. The van der Waals surface area contributed by atoms with Crippen molar-refractivity contribution in [3.8, 4) is 11.4 Å². The first-order valence-electron chi connectivity index (χ1n) is 5.73. The molecule has 3 aromatic rings. The topological polar surface area (TPSA) is 41.6 Å². The van der Waals surface area contributed by atoms with Crippen molar-refractivity contribution in [1.82, 2.24) is 15.0 Å². The number of hydrogen-bond donors (Lipinski definition) is 1. The van der Waals surface area contributed by atoms with Crippen LogP contribution in [0.15, 0.2) is 34.8 Å². The summed E-state index contributed by atoms with van der Waals surface area (Å²) in [5.74, 6) is 0.843. The molecule has 1 N–H and O–H groups in total. The Bertz CT molecular complexity index is 731. The fourth-order valence-corrected chi connectivity index (χ4v) is 2.61. The van der Waals surface area contributed by atoms with Crippen LogP contribution in [0.2, 0.25) is 0 Å². The van der Waals surface area contributed by atoms with E-state index in [0.717, 1.165) is 32.7 Å². The summed E-state index contributed by atoms with van der Waals surface area (Å²) in [5.41, 5.74) is 4.97. The molecule has 18 heavy (non-hydrogen) atoms. The molecule has 0 bridgehead atoms. The molecule has 2 aromatic heterocycles. The molecule has 0 unspecified atom stereocenters. The Morgan fingerprint density at radius 1 is 1.06 bits per heavy atom. The van der Waals surface area contributed by atoms with Crippen LogP contribution in [0, 0.1) is 13.8 Å². The molecule has 0 aliphatic rings. The van der Waals surface area contributed by atoms with Crippen molar-refractivity contribution in [2.24, 2.45) is 0 Å². The monoisotopic (exact) mass is 301 g/mol. The van der Waals surface area contributed by atoms with Crippen LogP contribution in [0.25, 0.3) is 22.6 Å². The lowest BCUT2D eigenvalue weighted by molar-refractivity contribution is 1.22. The second-order valence-corrected chi connectivity index (χ2v) is 5.25. The van der Waals surface area contributed by atoms with Gasteiger partial charge in [-0.05, 0) is 43.7 Å². The molecule has 2 heterocycles. The summed E-state index contributed by atoms with van der Waals surface area (Å²) in [6, 6.07) is 10.2. The van der Waals surface area contributed by atoms with Gasteiger partial charge in [0, 0.05) is 15.7 Å². The van der Waals surface area contributed by atoms with Gasteiger partial charge in [-0.3, -0.25) is 0 Å². The predicted octanol–water partition coefficient (Wildman–Crippen LogP) is 4.00. The standard InChI is InChI=1S/C14H12BrN3/c1-8-3-5-10(11(15)7-8)13-17-12-6-4-9(2)16-14(12)18-13/h3-7H,1-2H3,(H,16,17,18). The highest BCUT2D eigenvalue weighted by Crippen LogP contribution is 2.28. The Hall–Kier alpha value is -1.68. The Morgan fingerprint density at radius 3 is 2.67 bits per heavy atom. The van der Waals surface area contributed by atoms with Gasteiger partial charge in [-0.25, -0.2) is 9.97 Å². The molecule has 1 aromatic carbocycles. The second-order valence-electron chi connectivity index (χ2n) is 4.39. The van der Waals surface area contributed by atoms with Crippen LogP contribution < -0.4 is 0 Å². The van der Waals surface area contributed by atoms with E-state index in [2.05, 4.69) is 56.0 Å². The molecule has 0 aliphatic carbocycles. The van der Waals surface area contributed by atoms with E-state index in [-0.39, 0.29) is 0 Å². The normalized spacial score (nSPS) is 11.1. The van der Waals surface area contributed by atoms with Crippen molar-refractivity contribution in [2.45, 2.75) is 13.8 Å². The molecule has 0 aliphatic heterocycles. The van der Waals surface area contributed by atoms with E-state index in [1.54, 1.807) is 0 Å². The van der Waals surface area contributed by atoms with Gasteiger partial charge in [-0.15, -0.1) is 0 Å². The molecule has 4 heteroatoms. The lowest BCUT2D eigenvalue weighted by Gasteiger charge is -2.01. The van der Waals surface area contributed by atoms with Gasteiger partial charge in [0.15, 0.2) is 5.65 Å². The number of nitrogens with one attached hydrogen (secondary N) is 1. The average Bonchev–Trinajstić information content (AvgIpc) is 2.71. The number of aromatic amines is 1. The summed E-state index contributed by atoms with van der Waals surface area (Å²) in [6.07, 6.45) is 0. The van der Waals surface area contributed by atoms with Crippen LogP contribution in [0.1, 0.15) is 11.3 Å². The number of fused-ring (bicyclic) bond motifs is 1. The summed E-state index contributed by atoms with van der Waals surface area (Å²) >= 11 is 3.58. The zero-order valence-corrected chi connectivity index (χ0v) is 11.7. The first-order valence-corrected chi connectivity index (χ1v) is 6.53. The van der Waals surface area contributed by atoms with Gasteiger partial charge < -0.3 is 4.98 Å². The highest BCUT2D eigenvalue weighted by atomic mass is 79.9. The minimum absolute atomic E-state index is 0.762. The van der Waals surface area contributed by atoms with Crippen LogP contribution in [-0.4, -0.2) is 15.0 Å². The summed E-state index contributed by atoms with van der Waals surface area (Å²) in [7, 11) is 0. The molecule has 90 valence electrons. The van der Waals surface area contributed by atoms with E-state index in [1.807, 2.05) is 19.1 Å². The number of nitrogens with zero attached hydrogens (tertiary/aromatic N) is 2. The van der Waals surface area contributed by atoms with Gasteiger partial charge in [0.2, 0.25) is 0 Å². The van der Waals surface area contributed by atoms with Crippen molar-refractivity contribution in [3.63, 3.8) is 0 Å². The number of rotatable bonds is 1. The van der Waals surface area contributed by atoms with Gasteiger partial charge in [0.05, 0.1) is 5.52 Å². The van der Waals surface area contributed by atoms with Crippen LogP contribution in [-0.2, 0) is 0 Å². The molecule has 3 rings (SSSR count). The fraction of sp³-hybridized carbons (Fsp3) is 0.143. The van der Waals surface area contributed by atoms with E-state index in [4.69, 9.17) is 0 Å². The summed E-state index contributed by atoms with van der Waals surface area (Å²) in [4.78, 5) is 12.2. The molecule has 0 atom stereocenters. The van der Waals surface area contributed by atoms with E-state index >= 15 is 0 Å². The molecular weight excluding hydrogens is 290 g/mol. The summed E-state index contributed by atoms with van der Waals surface area (Å²) in [5, 5.41) is 0. The number of imidazole rings is 1. The highest BCUT2D eigenvalue weighted by molar-refractivity contribution is 9.10. The number of pyridine rings is 1. The largest absolute Gasteiger partial charge is 0.337 e. The van der Waals surface area contributed by atoms with E-state index in [0.29, 0.717) is 0 Å². The van der Waals surface area contributed by atoms with Crippen molar-refractivity contribution in [3.05, 3.63) is 46.1 Å². The first-order chi connectivity index (χ1) is 8.63. The molecule has 0 spiro atoms. The molecule has 0 fully saturated rings. The number of aromatic nitrogens is 3. The zero-order valence-electron chi connectivity index (χ0n) is 10.2. The third kappa shape index (κ3) is 1.93. The van der Waals surface area contributed by atoms with Crippen LogP contribution >= 0.6 is 15.9 Å². The third-order valence-electron chi connectivity index (χ3n) is 2.86. The van der Waals surface area contributed by atoms with Crippen LogP contribution in [0.5, 0.6) is 0 Å².